The fourth-order valence-corrected chi connectivity index (χ4v) is 2.77. The van der Waals surface area contributed by atoms with Gasteiger partial charge in [0, 0.05) is 6.42 Å². The molecular weight excluding hydrogens is 378 g/mol. The van der Waals surface area contributed by atoms with Gasteiger partial charge in [-0.25, -0.2) is 9.37 Å². The number of nitrogens with one attached hydrogen (secondary N) is 1. The minimum absolute atomic E-state index is 0.326. The molecule has 0 saturated heterocycles. The maximum absolute atomic E-state index is 13.6. The number of rotatable bonds is 2. The average molecular weight is 387 g/mol. The molecule has 0 spiro atoms. The number of benzene rings is 2. The minimum atomic E-state index is -0.326. The van der Waals surface area contributed by atoms with Crippen molar-refractivity contribution in [3.8, 4) is 0 Å². The summed E-state index contributed by atoms with van der Waals surface area (Å²) in [5.41, 5.74) is 2.43. The Morgan fingerprint density at radius 1 is 1.26 bits per heavy atom. The lowest BCUT2D eigenvalue weighted by atomic mass is 10.1. The zero-order chi connectivity index (χ0) is 13.4. The number of halogens is 3. The van der Waals surface area contributed by atoms with E-state index in [1.165, 1.54) is 6.07 Å². The first-order valence-corrected chi connectivity index (χ1v) is 7.17. The number of fused-ring (bicyclic) bond motifs is 1. The summed E-state index contributed by atoms with van der Waals surface area (Å²) in [5, 5.41) is 0.337. The lowest BCUT2D eigenvalue weighted by Gasteiger charge is -1.97. The van der Waals surface area contributed by atoms with Crippen LogP contribution in [-0.4, -0.2) is 9.97 Å². The van der Waals surface area contributed by atoms with Crippen LogP contribution in [0.25, 0.3) is 11.0 Å². The second-order valence-electron chi connectivity index (χ2n) is 4.22. The van der Waals surface area contributed by atoms with Gasteiger partial charge in [0.25, 0.3) is 0 Å². The van der Waals surface area contributed by atoms with Gasteiger partial charge in [-0.3, -0.25) is 0 Å². The molecule has 2 aromatic carbocycles. The number of hydrogen-bond donors (Lipinski definition) is 1. The van der Waals surface area contributed by atoms with Gasteiger partial charge in [-0.2, -0.15) is 0 Å². The van der Waals surface area contributed by atoms with Crippen LogP contribution in [0.2, 0.25) is 5.02 Å². The number of H-pyrrole nitrogens is 1. The van der Waals surface area contributed by atoms with Gasteiger partial charge in [0.15, 0.2) is 0 Å². The number of aromatic nitrogens is 2. The Balaban J connectivity index is 2.07. The summed E-state index contributed by atoms with van der Waals surface area (Å²) in [4.78, 5) is 7.60. The van der Waals surface area contributed by atoms with Crippen LogP contribution >= 0.6 is 34.2 Å². The molecule has 3 rings (SSSR count). The van der Waals surface area contributed by atoms with Crippen molar-refractivity contribution in [2.24, 2.45) is 0 Å². The summed E-state index contributed by atoms with van der Waals surface area (Å²) in [6, 6.07) is 11.3. The van der Waals surface area contributed by atoms with Crippen molar-refractivity contribution in [1.29, 1.82) is 0 Å². The van der Waals surface area contributed by atoms with Gasteiger partial charge in [0.2, 0.25) is 0 Å². The first kappa shape index (κ1) is 12.9. The third-order valence-corrected chi connectivity index (χ3v) is 4.22. The molecule has 1 N–H and O–H groups in total. The van der Waals surface area contributed by atoms with E-state index in [1.54, 1.807) is 0 Å². The number of imidazole rings is 1. The third-order valence-electron chi connectivity index (χ3n) is 2.88. The highest BCUT2D eigenvalue weighted by Gasteiger charge is 2.13. The zero-order valence-electron chi connectivity index (χ0n) is 9.75. The zero-order valence-corrected chi connectivity index (χ0v) is 12.7. The second-order valence-corrected chi connectivity index (χ2v) is 5.71. The maximum atomic E-state index is 13.6. The van der Waals surface area contributed by atoms with Crippen molar-refractivity contribution in [3.63, 3.8) is 0 Å². The first-order chi connectivity index (χ1) is 9.15. The summed E-state index contributed by atoms with van der Waals surface area (Å²) in [6.07, 6.45) is 0.670. The third kappa shape index (κ3) is 2.47. The van der Waals surface area contributed by atoms with E-state index in [0.29, 0.717) is 26.0 Å². The van der Waals surface area contributed by atoms with E-state index < -0.39 is 0 Å². The molecule has 5 heteroatoms. The Morgan fingerprint density at radius 2 is 2.00 bits per heavy atom. The number of hydrogen-bond acceptors (Lipinski definition) is 1. The Bertz CT molecular complexity index is 740. The van der Waals surface area contributed by atoms with Crippen molar-refractivity contribution < 1.29 is 4.39 Å². The van der Waals surface area contributed by atoms with Gasteiger partial charge in [-0.15, -0.1) is 0 Å². The Morgan fingerprint density at radius 3 is 2.74 bits per heavy atom. The predicted octanol–water partition coefficient (Wildman–Crippen LogP) is 4.55. The molecule has 2 nitrogen and oxygen atoms in total. The van der Waals surface area contributed by atoms with Crippen molar-refractivity contribution in [2.45, 2.75) is 6.42 Å². The van der Waals surface area contributed by atoms with Crippen molar-refractivity contribution in [2.75, 3.05) is 0 Å². The van der Waals surface area contributed by atoms with Crippen LogP contribution in [0.1, 0.15) is 11.4 Å². The lowest BCUT2D eigenvalue weighted by molar-refractivity contribution is 0.622. The highest BCUT2D eigenvalue weighted by molar-refractivity contribution is 14.1. The highest BCUT2D eigenvalue weighted by Crippen LogP contribution is 2.28. The van der Waals surface area contributed by atoms with Gasteiger partial charge in [0.1, 0.15) is 17.2 Å². The van der Waals surface area contributed by atoms with Crippen LogP contribution in [0, 0.1) is 9.39 Å². The monoisotopic (exact) mass is 386 g/mol. The minimum Gasteiger partial charge on any atom is -0.341 e. The Kier molecular flexibility index (Phi) is 3.45. The maximum Gasteiger partial charge on any atom is 0.140 e. The quantitative estimate of drug-likeness (QED) is 0.508. The predicted molar refractivity (Wildman–Crippen MR) is 83.0 cm³/mol. The summed E-state index contributed by atoms with van der Waals surface area (Å²) in [5.74, 6) is 0.458. The lowest BCUT2D eigenvalue weighted by Crippen LogP contribution is -1.89. The molecule has 0 amide bonds. The van der Waals surface area contributed by atoms with Gasteiger partial charge >= 0.3 is 0 Å². The molecule has 0 saturated carbocycles. The van der Waals surface area contributed by atoms with E-state index in [-0.39, 0.29) is 5.82 Å². The standard InChI is InChI=1S/C14H9ClFIN2/c15-9-7-10(16)12(17)14-13(9)18-11(19-14)6-8-4-2-1-3-5-8/h1-5,7H,6H2,(H,18,19). The van der Waals surface area contributed by atoms with Crippen LogP contribution < -0.4 is 0 Å². The molecule has 1 heterocycles. The van der Waals surface area contributed by atoms with E-state index in [9.17, 15) is 4.39 Å². The topological polar surface area (TPSA) is 28.7 Å². The number of aromatic amines is 1. The van der Waals surface area contributed by atoms with Crippen LogP contribution in [-0.2, 0) is 6.42 Å². The normalized spacial score (nSPS) is 11.1. The molecule has 0 bridgehead atoms. The Hall–Kier alpha value is -1.14. The summed E-state index contributed by atoms with van der Waals surface area (Å²) >= 11 is 7.98. The van der Waals surface area contributed by atoms with Crippen molar-refractivity contribution in [3.05, 3.63) is 62.2 Å². The molecule has 0 atom stereocenters. The molecule has 0 fully saturated rings. The van der Waals surface area contributed by atoms with Gasteiger partial charge < -0.3 is 4.98 Å². The van der Waals surface area contributed by atoms with E-state index >= 15 is 0 Å². The molecular formula is C14H9ClFIN2. The first-order valence-electron chi connectivity index (χ1n) is 5.71. The summed E-state index contributed by atoms with van der Waals surface area (Å²) in [7, 11) is 0. The van der Waals surface area contributed by atoms with E-state index in [0.717, 1.165) is 11.4 Å². The van der Waals surface area contributed by atoms with Crippen LogP contribution in [0.3, 0.4) is 0 Å². The molecule has 96 valence electrons. The van der Waals surface area contributed by atoms with Crippen LogP contribution in [0.15, 0.2) is 36.4 Å². The van der Waals surface area contributed by atoms with E-state index in [1.807, 2.05) is 52.9 Å². The molecule has 0 radical (unpaired) electrons. The largest absolute Gasteiger partial charge is 0.341 e. The average Bonchev–Trinajstić information content (AvgIpc) is 2.82. The molecule has 19 heavy (non-hydrogen) atoms. The fourth-order valence-electron chi connectivity index (χ4n) is 1.99. The summed E-state index contributed by atoms with van der Waals surface area (Å²) in [6.45, 7) is 0. The van der Waals surface area contributed by atoms with Crippen LogP contribution in [0.5, 0.6) is 0 Å². The van der Waals surface area contributed by atoms with Gasteiger partial charge in [-0.05, 0) is 34.2 Å². The smallest absolute Gasteiger partial charge is 0.140 e. The van der Waals surface area contributed by atoms with E-state index in [4.69, 9.17) is 11.6 Å². The highest BCUT2D eigenvalue weighted by atomic mass is 127. The van der Waals surface area contributed by atoms with Gasteiger partial charge in [0.05, 0.1) is 14.1 Å². The second kappa shape index (κ2) is 5.09. The molecule has 1 aromatic heterocycles. The number of nitrogens with zero attached hydrogens (tertiary/aromatic N) is 1. The van der Waals surface area contributed by atoms with Crippen LogP contribution in [0.4, 0.5) is 4.39 Å². The molecule has 3 aromatic rings. The molecule has 0 aliphatic carbocycles. The Labute approximate surface area is 128 Å². The van der Waals surface area contributed by atoms with Crippen molar-refractivity contribution in [1.82, 2.24) is 9.97 Å². The molecule has 0 unspecified atom stereocenters. The summed E-state index contributed by atoms with van der Waals surface area (Å²) < 4.78 is 14.1. The molecule has 0 aliphatic rings. The fraction of sp³-hybridized carbons (Fsp3) is 0.0714. The van der Waals surface area contributed by atoms with Gasteiger partial charge in [-0.1, -0.05) is 41.9 Å². The SMILES string of the molecule is Fc1cc(Cl)c2nc(Cc3ccccc3)[nH]c2c1I. The van der Waals surface area contributed by atoms with E-state index in [2.05, 4.69) is 9.97 Å². The van der Waals surface area contributed by atoms with Crippen molar-refractivity contribution >= 4 is 45.2 Å². The molecule has 0 aliphatic heterocycles.